The molecule has 2 aromatic heterocycles. The van der Waals surface area contributed by atoms with Crippen LogP contribution in [0.2, 0.25) is 0 Å². The maximum absolute atomic E-state index is 12.3. The molecule has 0 aliphatic heterocycles. The fourth-order valence-electron chi connectivity index (χ4n) is 2.48. The van der Waals surface area contributed by atoms with E-state index in [2.05, 4.69) is 25.5 Å². The Hall–Kier alpha value is -3.03. The third-order valence-corrected chi connectivity index (χ3v) is 3.76. The number of hydrogen-bond donors (Lipinski definition) is 2. The van der Waals surface area contributed by atoms with E-state index in [1.54, 1.807) is 12.1 Å². The Morgan fingerprint density at radius 1 is 1.33 bits per heavy atom. The van der Waals surface area contributed by atoms with Crippen LogP contribution < -0.4 is 10.9 Å². The van der Waals surface area contributed by atoms with Crippen LogP contribution in [0.5, 0.6) is 0 Å². The van der Waals surface area contributed by atoms with Crippen molar-refractivity contribution in [1.29, 1.82) is 0 Å². The number of fused-ring (bicyclic) bond motifs is 1. The number of aryl methyl sites for hydroxylation is 1. The first-order valence-electron chi connectivity index (χ1n) is 7.74. The lowest BCUT2D eigenvalue weighted by Crippen LogP contribution is -2.28. The zero-order chi connectivity index (χ0) is 16.9. The van der Waals surface area contributed by atoms with Gasteiger partial charge < -0.3 is 5.32 Å². The van der Waals surface area contributed by atoms with Crippen LogP contribution in [0, 0.1) is 0 Å². The number of benzene rings is 1. The number of carbonyl (C=O) groups excluding carboxylic acids is 1. The van der Waals surface area contributed by atoms with Crippen LogP contribution in [-0.2, 0) is 11.3 Å². The highest BCUT2D eigenvalue weighted by atomic mass is 16.1. The first-order chi connectivity index (χ1) is 11.6. The molecule has 0 spiro atoms. The molecule has 0 aliphatic rings. The molecule has 0 aliphatic carbocycles. The van der Waals surface area contributed by atoms with Gasteiger partial charge >= 0.3 is 0 Å². The molecule has 8 heteroatoms. The second-order valence-corrected chi connectivity index (χ2v) is 5.52. The summed E-state index contributed by atoms with van der Waals surface area (Å²) in [7, 11) is 0. The molecule has 3 aromatic rings. The summed E-state index contributed by atoms with van der Waals surface area (Å²) in [6.45, 7) is 2.27. The number of amides is 1. The van der Waals surface area contributed by atoms with Crippen molar-refractivity contribution in [1.82, 2.24) is 30.0 Å². The molecule has 1 amide bonds. The maximum atomic E-state index is 12.3. The van der Waals surface area contributed by atoms with Gasteiger partial charge in [-0.25, -0.2) is 9.97 Å². The molecule has 0 unspecified atom stereocenters. The fraction of sp³-hybridized carbons (Fsp3) is 0.312. The van der Waals surface area contributed by atoms with Gasteiger partial charge in [-0.15, -0.1) is 0 Å². The van der Waals surface area contributed by atoms with E-state index in [9.17, 15) is 9.59 Å². The van der Waals surface area contributed by atoms with Gasteiger partial charge in [-0.2, -0.15) is 5.10 Å². The summed E-state index contributed by atoms with van der Waals surface area (Å²) in [4.78, 5) is 32.6. The van der Waals surface area contributed by atoms with E-state index in [1.807, 2.05) is 19.1 Å². The molecule has 2 N–H and O–H groups in total. The number of rotatable bonds is 6. The minimum absolute atomic E-state index is 0.0870. The summed E-state index contributed by atoms with van der Waals surface area (Å²) < 4.78 is 1.54. The van der Waals surface area contributed by atoms with Crippen molar-refractivity contribution in [3.63, 3.8) is 0 Å². The van der Waals surface area contributed by atoms with Crippen LogP contribution in [0.4, 0.5) is 0 Å². The molecule has 2 heterocycles. The number of nitrogens with zero attached hydrogens (tertiary/aromatic N) is 4. The number of H-pyrrole nitrogens is 1. The van der Waals surface area contributed by atoms with Gasteiger partial charge in [0, 0.05) is 13.0 Å². The van der Waals surface area contributed by atoms with Gasteiger partial charge in [0.25, 0.3) is 5.56 Å². The lowest BCUT2D eigenvalue weighted by atomic mass is 10.2. The maximum Gasteiger partial charge on any atom is 0.261 e. The smallest absolute Gasteiger partial charge is 0.261 e. The lowest BCUT2D eigenvalue weighted by Gasteiger charge is -2.11. The SMILES string of the molecule is C[C@@H](NC(=O)CCCn1cnc2ccccc2c1=O)c1ncn[nH]1. The van der Waals surface area contributed by atoms with Crippen molar-refractivity contribution in [2.24, 2.45) is 0 Å². The average Bonchev–Trinajstić information content (AvgIpc) is 3.12. The number of aromatic amines is 1. The Labute approximate surface area is 137 Å². The predicted octanol–water partition coefficient (Wildman–Crippen LogP) is 1.17. The second-order valence-electron chi connectivity index (χ2n) is 5.52. The zero-order valence-corrected chi connectivity index (χ0v) is 13.3. The summed E-state index contributed by atoms with van der Waals surface area (Å²) in [6.07, 6.45) is 3.80. The molecule has 3 rings (SSSR count). The van der Waals surface area contributed by atoms with Gasteiger partial charge in [-0.1, -0.05) is 12.1 Å². The Morgan fingerprint density at radius 2 is 2.17 bits per heavy atom. The van der Waals surface area contributed by atoms with Crippen LogP contribution in [0.3, 0.4) is 0 Å². The molecule has 24 heavy (non-hydrogen) atoms. The lowest BCUT2D eigenvalue weighted by molar-refractivity contribution is -0.121. The van der Waals surface area contributed by atoms with Crippen molar-refractivity contribution in [3.8, 4) is 0 Å². The molecule has 1 atom stereocenters. The number of para-hydroxylation sites is 1. The van der Waals surface area contributed by atoms with Crippen molar-refractivity contribution in [2.45, 2.75) is 32.4 Å². The quantitative estimate of drug-likeness (QED) is 0.707. The zero-order valence-electron chi connectivity index (χ0n) is 13.3. The highest BCUT2D eigenvalue weighted by molar-refractivity contribution is 5.77. The fourth-order valence-corrected chi connectivity index (χ4v) is 2.48. The largest absolute Gasteiger partial charge is 0.346 e. The number of carbonyl (C=O) groups is 1. The van der Waals surface area contributed by atoms with E-state index < -0.39 is 0 Å². The normalized spacial score (nSPS) is 12.2. The van der Waals surface area contributed by atoms with Gasteiger partial charge in [-0.3, -0.25) is 19.3 Å². The highest BCUT2D eigenvalue weighted by Crippen LogP contribution is 2.07. The first-order valence-corrected chi connectivity index (χ1v) is 7.74. The van der Waals surface area contributed by atoms with Gasteiger partial charge in [0.05, 0.1) is 23.3 Å². The molecule has 8 nitrogen and oxygen atoms in total. The second kappa shape index (κ2) is 7.03. The van der Waals surface area contributed by atoms with Crippen molar-refractivity contribution in [2.75, 3.05) is 0 Å². The molecule has 0 bridgehead atoms. The van der Waals surface area contributed by atoms with Crippen LogP contribution >= 0.6 is 0 Å². The van der Waals surface area contributed by atoms with E-state index in [0.29, 0.717) is 36.1 Å². The van der Waals surface area contributed by atoms with E-state index >= 15 is 0 Å². The van der Waals surface area contributed by atoms with Gasteiger partial charge in [0.15, 0.2) is 0 Å². The average molecular weight is 326 g/mol. The molecule has 1 aromatic carbocycles. The summed E-state index contributed by atoms with van der Waals surface area (Å²) in [5.74, 6) is 0.513. The van der Waals surface area contributed by atoms with E-state index in [0.717, 1.165) is 0 Å². The standard InChI is InChI=1S/C16H18N6O2/c1-11(15-17-9-19-21-15)20-14(23)7-4-8-22-10-18-13-6-3-2-5-12(13)16(22)24/h2-3,5-6,9-11H,4,7-8H2,1H3,(H,20,23)(H,17,19,21)/t11-/m1/s1. The Balaban J connectivity index is 1.56. The Kier molecular flexibility index (Phi) is 4.64. The van der Waals surface area contributed by atoms with E-state index in [-0.39, 0.29) is 17.5 Å². The first kappa shape index (κ1) is 15.9. The monoisotopic (exact) mass is 326 g/mol. The van der Waals surface area contributed by atoms with Gasteiger partial charge in [0.1, 0.15) is 12.2 Å². The van der Waals surface area contributed by atoms with Crippen molar-refractivity contribution >= 4 is 16.8 Å². The number of nitrogens with one attached hydrogen (secondary N) is 2. The summed E-state index contributed by atoms with van der Waals surface area (Å²) >= 11 is 0. The van der Waals surface area contributed by atoms with Crippen LogP contribution in [-0.4, -0.2) is 30.6 Å². The minimum Gasteiger partial charge on any atom is -0.346 e. The predicted molar refractivity (Wildman–Crippen MR) is 88.2 cm³/mol. The number of aromatic nitrogens is 5. The van der Waals surface area contributed by atoms with Gasteiger partial charge in [-0.05, 0) is 25.5 Å². The third kappa shape index (κ3) is 3.48. The molecule has 124 valence electrons. The third-order valence-electron chi connectivity index (χ3n) is 3.76. The molecule has 0 radical (unpaired) electrons. The summed E-state index contributed by atoms with van der Waals surface area (Å²) in [5, 5.41) is 9.90. The molecule has 0 saturated heterocycles. The summed E-state index contributed by atoms with van der Waals surface area (Å²) in [6, 6.07) is 6.99. The molecular formula is C16H18N6O2. The Bertz CT molecular complexity index is 887. The molecule has 0 fully saturated rings. The van der Waals surface area contributed by atoms with E-state index in [4.69, 9.17) is 0 Å². The van der Waals surface area contributed by atoms with Crippen LogP contribution in [0.25, 0.3) is 10.9 Å². The summed E-state index contributed by atoms with van der Waals surface area (Å²) in [5.41, 5.74) is 0.591. The topological polar surface area (TPSA) is 106 Å². The molecular weight excluding hydrogens is 308 g/mol. The van der Waals surface area contributed by atoms with Crippen LogP contribution in [0.1, 0.15) is 31.6 Å². The van der Waals surface area contributed by atoms with Crippen LogP contribution in [0.15, 0.2) is 41.7 Å². The molecule has 0 saturated carbocycles. The van der Waals surface area contributed by atoms with Gasteiger partial charge in [0.2, 0.25) is 5.91 Å². The number of hydrogen-bond acceptors (Lipinski definition) is 5. The Morgan fingerprint density at radius 3 is 2.96 bits per heavy atom. The van der Waals surface area contributed by atoms with Crippen molar-refractivity contribution < 1.29 is 4.79 Å². The highest BCUT2D eigenvalue weighted by Gasteiger charge is 2.12. The van der Waals surface area contributed by atoms with E-state index in [1.165, 1.54) is 17.2 Å². The minimum atomic E-state index is -0.231. The van der Waals surface area contributed by atoms with Crippen molar-refractivity contribution in [3.05, 3.63) is 53.1 Å².